The van der Waals surface area contributed by atoms with Crippen LogP contribution in [0.1, 0.15) is 32.0 Å². The molecule has 0 saturated heterocycles. The van der Waals surface area contributed by atoms with Gasteiger partial charge in [-0.2, -0.15) is 0 Å². The summed E-state index contributed by atoms with van der Waals surface area (Å²) < 4.78 is 5.04. The molecule has 2 N–H and O–H groups in total. The van der Waals surface area contributed by atoms with Crippen molar-refractivity contribution in [1.29, 1.82) is 0 Å². The summed E-state index contributed by atoms with van der Waals surface area (Å²) in [6.45, 7) is 0. The molecule has 0 radical (unpaired) electrons. The topological polar surface area (TPSA) is 48.1 Å². The second kappa shape index (κ2) is 4.42. The summed E-state index contributed by atoms with van der Waals surface area (Å²) in [7, 11) is 1.62. The summed E-state index contributed by atoms with van der Waals surface area (Å²) >= 11 is 0. The van der Waals surface area contributed by atoms with Crippen LogP contribution < -0.4 is 10.5 Å². The van der Waals surface area contributed by atoms with E-state index in [1.54, 1.807) is 7.11 Å². The van der Waals surface area contributed by atoms with Gasteiger partial charge in [-0.3, -0.25) is 0 Å². The highest BCUT2D eigenvalue weighted by Gasteiger charge is 2.30. The fourth-order valence-corrected chi connectivity index (χ4v) is 1.43. The van der Waals surface area contributed by atoms with Crippen molar-refractivity contribution in [2.75, 3.05) is 7.11 Å². The first-order valence-corrected chi connectivity index (χ1v) is 4.58. The molecule has 2 rings (SSSR count). The van der Waals surface area contributed by atoms with Crippen LogP contribution in [0.15, 0.2) is 18.2 Å². The Hall–Kier alpha value is -1.09. The Morgan fingerprint density at radius 2 is 2.21 bits per heavy atom. The first-order chi connectivity index (χ1) is 6.31. The van der Waals surface area contributed by atoms with Gasteiger partial charge in [0.25, 0.3) is 0 Å². The number of rotatable bonds is 3. The lowest BCUT2D eigenvalue weighted by Crippen LogP contribution is -2.14. The molecule has 1 aromatic heterocycles. The minimum Gasteiger partial charge on any atom is -0.481 e. The van der Waals surface area contributed by atoms with Gasteiger partial charge in [-0.25, -0.2) is 4.98 Å². The third kappa shape index (κ3) is 2.23. The van der Waals surface area contributed by atoms with Gasteiger partial charge in [0.15, 0.2) is 0 Å². The second-order valence-corrected chi connectivity index (χ2v) is 3.47. The van der Waals surface area contributed by atoms with Crippen molar-refractivity contribution >= 4 is 0 Å². The standard InChI is InChI=1S/C10H14N2O.CH4/c1-13-9-4-2-3-8(12-9)10(11)7-5-6-7;/h2-4,7,10H,5-6,11H2,1H3;1H4. The van der Waals surface area contributed by atoms with Crippen LogP contribution in [0.5, 0.6) is 5.88 Å². The van der Waals surface area contributed by atoms with Crippen LogP contribution >= 0.6 is 0 Å². The smallest absolute Gasteiger partial charge is 0.213 e. The zero-order chi connectivity index (χ0) is 9.26. The van der Waals surface area contributed by atoms with E-state index in [4.69, 9.17) is 10.5 Å². The van der Waals surface area contributed by atoms with Crippen molar-refractivity contribution < 1.29 is 4.74 Å². The molecule has 3 nitrogen and oxygen atoms in total. The van der Waals surface area contributed by atoms with E-state index in [0.717, 1.165) is 5.69 Å². The number of pyridine rings is 1. The van der Waals surface area contributed by atoms with E-state index in [-0.39, 0.29) is 13.5 Å². The summed E-state index contributed by atoms with van der Waals surface area (Å²) in [6.07, 6.45) is 2.47. The van der Waals surface area contributed by atoms with Gasteiger partial charge in [0.05, 0.1) is 12.8 Å². The fourth-order valence-electron chi connectivity index (χ4n) is 1.43. The lowest BCUT2D eigenvalue weighted by Gasteiger charge is -2.09. The number of nitrogens with zero attached hydrogens (tertiary/aromatic N) is 1. The third-order valence-electron chi connectivity index (χ3n) is 2.43. The van der Waals surface area contributed by atoms with Crippen molar-refractivity contribution in [2.24, 2.45) is 11.7 Å². The van der Waals surface area contributed by atoms with E-state index < -0.39 is 0 Å². The number of ether oxygens (including phenoxy) is 1. The Morgan fingerprint density at radius 1 is 1.50 bits per heavy atom. The molecule has 14 heavy (non-hydrogen) atoms. The van der Waals surface area contributed by atoms with E-state index in [2.05, 4.69) is 4.98 Å². The van der Waals surface area contributed by atoms with Crippen LogP contribution in [0, 0.1) is 5.92 Å². The van der Waals surface area contributed by atoms with Gasteiger partial charge in [-0.1, -0.05) is 13.5 Å². The van der Waals surface area contributed by atoms with Crippen LogP contribution in [0.3, 0.4) is 0 Å². The molecule has 0 spiro atoms. The SMILES string of the molecule is C.COc1cccc(C(N)C2CC2)n1. The average Bonchev–Trinajstić information content (AvgIpc) is 3.00. The van der Waals surface area contributed by atoms with E-state index in [1.165, 1.54) is 12.8 Å². The Morgan fingerprint density at radius 3 is 2.79 bits per heavy atom. The van der Waals surface area contributed by atoms with Gasteiger partial charge < -0.3 is 10.5 Å². The van der Waals surface area contributed by atoms with Crippen molar-refractivity contribution in [2.45, 2.75) is 26.3 Å². The molecule has 78 valence electrons. The monoisotopic (exact) mass is 194 g/mol. The zero-order valence-electron chi connectivity index (χ0n) is 7.73. The summed E-state index contributed by atoms with van der Waals surface area (Å²) in [5.41, 5.74) is 6.95. The Bertz CT molecular complexity index is 297. The van der Waals surface area contributed by atoms with Gasteiger partial charge >= 0.3 is 0 Å². The highest BCUT2D eigenvalue weighted by Crippen LogP contribution is 2.38. The quantitative estimate of drug-likeness (QED) is 0.802. The lowest BCUT2D eigenvalue weighted by atomic mass is 10.1. The molecule has 0 bridgehead atoms. The van der Waals surface area contributed by atoms with Gasteiger partial charge in [0, 0.05) is 12.1 Å². The summed E-state index contributed by atoms with van der Waals surface area (Å²) in [5, 5.41) is 0. The average molecular weight is 194 g/mol. The lowest BCUT2D eigenvalue weighted by molar-refractivity contribution is 0.394. The van der Waals surface area contributed by atoms with Crippen molar-refractivity contribution in [3.8, 4) is 5.88 Å². The molecular formula is C11H18N2O. The molecule has 1 aromatic rings. The summed E-state index contributed by atoms with van der Waals surface area (Å²) in [5.74, 6) is 1.29. The van der Waals surface area contributed by atoms with Crippen molar-refractivity contribution in [1.82, 2.24) is 4.98 Å². The Kier molecular flexibility index (Phi) is 3.47. The van der Waals surface area contributed by atoms with Crippen LogP contribution in [0.2, 0.25) is 0 Å². The van der Waals surface area contributed by atoms with Crippen LogP contribution in [0.4, 0.5) is 0 Å². The molecule has 1 atom stereocenters. The van der Waals surface area contributed by atoms with E-state index in [1.807, 2.05) is 18.2 Å². The summed E-state index contributed by atoms with van der Waals surface area (Å²) in [4.78, 5) is 4.31. The molecule has 1 saturated carbocycles. The molecule has 0 amide bonds. The minimum atomic E-state index is 0. The maximum absolute atomic E-state index is 6.01. The van der Waals surface area contributed by atoms with Crippen molar-refractivity contribution in [3.63, 3.8) is 0 Å². The number of aromatic nitrogens is 1. The van der Waals surface area contributed by atoms with E-state index in [9.17, 15) is 0 Å². The Labute approximate surface area is 85.3 Å². The number of methoxy groups -OCH3 is 1. The number of hydrogen-bond donors (Lipinski definition) is 1. The maximum atomic E-state index is 6.01. The highest BCUT2D eigenvalue weighted by molar-refractivity contribution is 5.19. The maximum Gasteiger partial charge on any atom is 0.213 e. The highest BCUT2D eigenvalue weighted by atomic mass is 16.5. The molecule has 0 aromatic carbocycles. The Balaban J connectivity index is 0.000000980. The van der Waals surface area contributed by atoms with E-state index >= 15 is 0 Å². The molecule has 1 fully saturated rings. The molecule has 3 heteroatoms. The molecule has 1 unspecified atom stereocenters. The normalized spacial score (nSPS) is 17.0. The summed E-state index contributed by atoms with van der Waals surface area (Å²) in [6, 6.07) is 5.83. The molecule has 1 aliphatic carbocycles. The minimum absolute atomic E-state index is 0. The van der Waals surface area contributed by atoms with Crippen LogP contribution in [-0.4, -0.2) is 12.1 Å². The van der Waals surface area contributed by atoms with Crippen LogP contribution in [0.25, 0.3) is 0 Å². The number of hydrogen-bond acceptors (Lipinski definition) is 3. The predicted molar refractivity (Wildman–Crippen MR) is 57.2 cm³/mol. The first-order valence-electron chi connectivity index (χ1n) is 4.58. The van der Waals surface area contributed by atoms with E-state index in [0.29, 0.717) is 11.8 Å². The zero-order valence-corrected chi connectivity index (χ0v) is 7.73. The number of nitrogens with two attached hydrogens (primary N) is 1. The van der Waals surface area contributed by atoms with Gasteiger partial charge in [0.2, 0.25) is 5.88 Å². The van der Waals surface area contributed by atoms with Crippen LogP contribution in [-0.2, 0) is 0 Å². The van der Waals surface area contributed by atoms with Gasteiger partial charge in [-0.05, 0) is 24.8 Å². The third-order valence-corrected chi connectivity index (χ3v) is 2.43. The predicted octanol–water partition coefficient (Wildman–Crippen LogP) is 2.14. The molecule has 1 aliphatic rings. The van der Waals surface area contributed by atoms with Crippen molar-refractivity contribution in [3.05, 3.63) is 23.9 Å². The second-order valence-electron chi connectivity index (χ2n) is 3.47. The first kappa shape index (κ1) is 11.0. The largest absolute Gasteiger partial charge is 0.481 e. The molecular weight excluding hydrogens is 176 g/mol. The van der Waals surface area contributed by atoms with Gasteiger partial charge in [0.1, 0.15) is 0 Å². The molecule has 1 heterocycles. The molecule has 0 aliphatic heterocycles. The van der Waals surface area contributed by atoms with Gasteiger partial charge in [-0.15, -0.1) is 0 Å². The fraction of sp³-hybridized carbons (Fsp3) is 0.545.